The molecule has 2 atom stereocenters. The quantitative estimate of drug-likeness (QED) is 0.128. The number of nitrogens with zero attached hydrogens (tertiary/aromatic N) is 3. The lowest BCUT2D eigenvalue weighted by molar-refractivity contribution is -0.136. The summed E-state index contributed by atoms with van der Waals surface area (Å²) in [6, 6.07) is 31.3. The number of fused-ring (bicyclic) bond motifs is 1. The highest BCUT2D eigenvalue weighted by Gasteiger charge is 2.40. The third-order valence-corrected chi connectivity index (χ3v) is 10.8. The fourth-order valence-corrected chi connectivity index (χ4v) is 7.75. The summed E-state index contributed by atoms with van der Waals surface area (Å²) < 4.78 is 12.5. The number of aromatic hydroxyl groups is 1. The first-order valence-corrected chi connectivity index (χ1v) is 19.0. The number of ether oxygens (including phenoxy) is 2. The van der Waals surface area contributed by atoms with Crippen molar-refractivity contribution in [1.29, 1.82) is 0 Å². The Labute approximate surface area is 317 Å². The van der Waals surface area contributed by atoms with Crippen molar-refractivity contribution < 1.29 is 29.0 Å². The second-order valence-electron chi connectivity index (χ2n) is 14.2. The van der Waals surface area contributed by atoms with Crippen molar-refractivity contribution in [2.75, 3.05) is 45.9 Å². The molecule has 280 valence electrons. The lowest BCUT2D eigenvalue weighted by Crippen LogP contribution is -2.52. The molecule has 0 bridgehead atoms. The van der Waals surface area contributed by atoms with E-state index in [4.69, 9.17) is 9.47 Å². The summed E-state index contributed by atoms with van der Waals surface area (Å²) in [4.78, 5) is 43.6. The largest absolute Gasteiger partial charge is 0.508 e. The maximum Gasteiger partial charge on any atom is 0.255 e. The fraction of sp³-hybridized carbons (Fsp3) is 0.341. The van der Waals surface area contributed by atoms with E-state index in [1.165, 1.54) is 11.1 Å². The van der Waals surface area contributed by atoms with Crippen LogP contribution in [0.1, 0.15) is 65.7 Å². The highest BCUT2D eigenvalue weighted by Crippen LogP contribution is 2.36. The Bertz CT molecular complexity index is 1990. The number of amides is 3. The maximum absolute atomic E-state index is 13.2. The van der Waals surface area contributed by atoms with Crippen LogP contribution in [0.3, 0.4) is 0 Å². The molecule has 7 rings (SSSR count). The van der Waals surface area contributed by atoms with Gasteiger partial charge in [0.1, 0.15) is 36.5 Å². The zero-order valence-corrected chi connectivity index (χ0v) is 31.0. The van der Waals surface area contributed by atoms with Gasteiger partial charge in [0.25, 0.3) is 5.91 Å². The Hall–Kier alpha value is -5.45. The van der Waals surface area contributed by atoms with Crippen molar-refractivity contribution >= 4 is 28.9 Å². The Morgan fingerprint density at radius 3 is 2.22 bits per heavy atom. The molecule has 10 nitrogen and oxygen atoms in total. The van der Waals surface area contributed by atoms with E-state index in [0.29, 0.717) is 37.5 Å². The second kappa shape index (κ2) is 16.7. The van der Waals surface area contributed by atoms with Crippen LogP contribution in [0, 0.1) is 0 Å². The van der Waals surface area contributed by atoms with Crippen LogP contribution < -0.4 is 14.8 Å². The summed E-state index contributed by atoms with van der Waals surface area (Å²) in [6.45, 7) is 10.2. The molecule has 4 aromatic carbocycles. The number of hydrogen-bond acceptors (Lipinski definition) is 8. The number of phenols is 1. The van der Waals surface area contributed by atoms with Gasteiger partial charge in [-0.25, -0.2) is 0 Å². The first-order valence-electron chi connectivity index (χ1n) is 19.0. The standard InChI is InChI=1S/C44H48N4O6/c1-3-36(31-8-5-4-6-9-31)42(32-12-16-34(49)17-13-32)33-14-18-35(19-15-33)54-29-30(2)47-24-22-46(23-25-47)26-27-53-40-11-7-10-37-38(40)28-48(44(37)52)39-20-21-41(50)45-43(39)51/h4-19,30,39,49H,3,20-29H2,1-2H3,(H,45,50,51). The van der Waals surface area contributed by atoms with E-state index in [1.54, 1.807) is 23.1 Å². The first kappa shape index (κ1) is 36.9. The molecule has 0 saturated carbocycles. The second-order valence-corrected chi connectivity index (χ2v) is 14.2. The molecule has 0 aromatic heterocycles. The van der Waals surface area contributed by atoms with Crippen LogP contribution in [-0.4, -0.2) is 95.5 Å². The Morgan fingerprint density at radius 1 is 0.833 bits per heavy atom. The minimum absolute atomic E-state index is 0.197. The number of piperazine rings is 1. The van der Waals surface area contributed by atoms with Crippen LogP contribution in [0.25, 0.3) is 11.1 Å². The van der Waals surface area contributed by atoms with E-state index in [9.17, 15) is 19.5 Å². The third-order valence-electron chi connectivity index (χ3n) is 10.8. The van der Waals surface area contributed by atoms with Gasteiger partial charge in [0.05, 0.1) is 6.54 Å². The molecule has 10 heteroatoms. The molecular weight excluding hydrogens is 681 g/mol. The molecule has 3 aliphatic rings. The van der Waals surface area contributed by atoms with Crippen molar-refractivity contribution in [3.8, 4) is 17.2 Å². The van der Waals surface area contributed by atoms with Crippen LogP contribution in [0.2, 0.25) is 0 Å². The van der Waals surface area contributed by atoms with Crippen LogP contribution in [-0.2, 0) is 16.1 Å². The van der Waals surface area contributed by atoms with E-state index >= 15 is 0 Å². The van der Waals surface area contributed by atoms with E-state index in [-0.39, 0.29) is 30.0 Å². The van der Waals surface area contributed by atoms with Gasteiger partial charge in [-0.1, -0.05) is 67.6 Å². The molecule has 0 aliphatic carbocycles. The number of imide groups is 1. The SMILES string of the molecule is CCC(=C(c1ccc(O)cc1)c1ccc(OCC(C)N2CCN(CCOc3cccc4c3CN(C3CCC(=O)NC3=O)C4=O)CC2)cc1)c1ccccc1. The highest BCUT2D eigenvalue weighted by atomic mass is 16.5. The topological polar surface area (TPSA) is 112 Å². The fourth-order valence-electron chi connectivity index (χ4n) is 7.75. The normalized spacial score (nSPS) is 18.9. The molecule has 4 aromatic rings. The average molecular weight is 729 g/mol. The van der Waals surface area contributed by atoms with Crippen LogP contribution >= 0.6 is 0 Å². The Kier molecular flexibility index (Phi) is 11.4. The molecule has 3 heterocycles. The summed E-state index contributed by atoms with van der Waals surface area (Å²) in [5.41, 5.74) is 7.08. The average Bonchev–Trinajstić information content (AvgIpc) is 3.53. The number of phenolic OH excluding ortho intramolecular Hbond substituents is 1. The number of piperidine rings is 1. The first-order chi connectivity index (χ1) is 26.3. The molecule has 3 amide bonds. The van der Waals surface area contributed by atoms with Gasteiger partial charge in [0.15, 0.2) is 0 Å². The lowest BCUT2D eigenvalue weighted by Gasteiger charge is -2.37. The molecule has 2 saturated heterocycles. The lowest BCUT2D eigenvalue weighted by atomic mass is 9.88. The predicted octanol–water partition coefficient (Wildman–Crippen LogP) is 5.99. The minimum Gasteiger partial charge on any atom is -0.508 e. The highest BCUT2D eigenvalue weighted by molar-refractivity contribution is 6.05. The van der Waals surface area contributed by atoms with Gasteiger partial charge in [-0.3, -0.25) is 29.5 Å². The smallest absolute Gasteiger partial charge is 0.255 e. The number of rotatable bonds is 13. The zero-order chi connectivity index (χ0) is 37.6. The summed E-state index contributed by atoms with van der Waals surface area (Å²) in [5.74, 6) is 0.842. The predicted molar refractivity (Wildman–Crippen MR) is 208 cm³/mol. The molecular formula is C44H48N4O6. The minimum atomic E-state index is -0.646. The van der Waals surface area contributed by atoms with Gasteiger partial charge >= 0.3 is 0 Å². The third kappa shape index (κ3) is 8.20. The number of nitrogens with one attached hydrogen (secondary N) is 1. The molecule has 2 unspecified atom stereocenters. The van der Waals surface area contributed by atoms with Crippen molar-refractivity contribution in [1.82, 2.24) is 20.0 Å². The van der Waals surface area contributed by atoms with Crippen LogP contribution in [0.5, 0.6) is 17.2 Å². The van der Waals surface area contributed by atoms with Gasteiger partial charge in [-0.05, 0) is 84.0 Å². The number of benzene rings is 4. The molecule has 0 radical (unpaired) electrons. The van der Waals surface area contributed by atoms with Gasteiger partial charge < -0.3 is 19.5 Å². The van der Waals surface area contributed by atoms with Crippen LogP contribution in [0.15, 0.2) is 97.1 Å². The van der Waals surface area contributed by atoms with Gasteiger partial charge in [0, 0.05) is 56.3 Å². The van der Waals surface area contributed by atoms with Crippen molar-refractivity contribution in [3.05, 3.63) is 125 Å². The summed E-state index contributed by atoms with van der Waals surface area (Å²) in [5, 5.41) is 12.3. The molecule has 2 fully saturated rings. The zero-order valence-electron chi connectivity index (χ0n) is 31.0. The molecule has 3 aliphatic heterocycles. The van der Waals surface area contributed by atoms with Gasteiger partial charge in [0.2, 0.25) is 11.8 Å². The summed E-state index contributed by atoms with van der Waals surface area (Å²) in [7, 11) is 0. The Balaban J connectivity index is 0.894. The number of carbonyl (C=O) groups excluding carboxylic acids is 3. The summed E-state index contributed by atoms with van der Waals surface area (Å²) >= 11 is 0. The molecule has 2 N–H and O–H groups in total. The van der Waals surface area contributed by atoms with Gasteiger partial charge in [-0.2, -0.15) is 0 Å². The number of allylic oxidation sites excluding steroid dienone is 1. The monoisotopic (exact) mass is 728 g/mol. The summed E-state index contributed by atoms with van der Waals surface area (Å²) in [6.07, 6.45) is 1.42. The molecule has 0 spiro atoms. The number of carbonyl (C=O) groups is 3. The van der Waals surface area contributed by atoms with Crippen molar-refractivity contribution in [2.24, 2.45) is 0 Å². The van der Waals surface area contributed by atoms with Gasteiger partial charge in [-0.15, -0.1) is 0 Å². The van der Waals surface area contributed by atoms with E-state index in [1.807, 2.05) is 42.5 Å². The van der Waals surface area contributed by atoms with Crippen LogP contribution in [0.4, 0.5) is 0 Å². The number of hydrogen-bond donors (Lipinski definition) is 2. The maximum atomic E-state index is 13.2. The van der Waals surface area contributed by atoms with E-state index in [2.05, 4.69) is 65.4 Å². The molecule has 54 heavy (non-hydrogen) atoms. The Morgan fingerprint density at radius 2 is 1.54 bits per heavy atom. The van der Waals surface area contributed by atoms with E-state index < -0.39 is 11.9 Å². The van der Waals surface area contributed by atoms with Crippen molar-refractivity contribution in [2.45, 2.75) is 51.7 Å². The van der Waals surface area contributed by atoms with E-state index in [0.717, 1.165) is 67.2 Å². The van der Waals surface area contributed by atoms with Crippen molar-refractivity contribution in [3.63, 3.8) is 0 Å².